The van der Waals surface area contributed by atoms with E-state index in [0.717, 1.165) is 0 Å². The summed E-state index contributed by atoms with van der Waals surface area (Å²) in [5.41, 5.74) is 0.433. The predicted molar refractivity (Wildman–Crippen MR) is 48.6 cm³/mol. The number of hydrogen-bond donors (Lipinski definition) is 1. The van der Waals surface area contributed by atoms with Gasteiger partial charge in [-0.25, -0.2) is 0 Å². The molecule has 0 unspecified atom stereocenters. The van der Waals surface area contributed by atoms with Gasteiger partial charge in [0.05, 0.1) is 11.5 Å². The molecular formula is C8H7ClNO3. The van der Waals surface area contributed by atoms with E-state index in [4.69, 9.17) is 16.7 Å². The molecule has 0 bridgehead atoms. The van der Waals surface area contributed by atoms with Crippen LogP contribution in [0.25, 0.3) is 0 Å². The second-order valence-electron chi connectivity index (χ2n) is 2.35. The second kappa shape index (κ2) is 4.20. The SMILES string of the molecule is O=[N+]([O-])c1cc([CH]CO)ccc1Cl. The normalized spacial score (nSPS) is 10.0. The first kappa shape index (κ1) is 9.95. The largest absolute Gasteiger partial charge is 0.396 e. The minimum Gasteiger partial charge on any atom is -0.396 e. The molecular weight excluding hydrogens is 194 g/mol. The van der Waals surface area contributed by atoms with Crippen LogP contribution < -0.4 is 0 Å². The molecule has 0 fully saturated rings. The van der Waals surface area contributed by atoms with E-state index < -0.39 is 4.92 Å². The summed E-state index contributed by atoms with van der Waals surface area (Å²) >= 11 is 5.57. The number of aliphatic hydroxyl groups is 1. The van der Waals surface area contributed by atoms with Gasteiger partial charge in [-0.1, -0.05) is 17.7 Å². The van der Waals surface area contributed by atoms with Gasteiger partial charge < -0.3 is 5.11 Å². The van der Waals surface area contributed by atoms with Gasteiger partial charge in [-0.2, -0.15) is 0 Å². The van der Waals surface area contributed by atoms with Crippen LogP contribution in [0, 0.1) is 16.5 Å². The molecule has 5 heteroatoms. The molecule has 1 N–H and O–H groups in total. The van der Waals surface area contributed by atoms with Gasteiger partial charge in [0.25, 0.3) is 5.69 Å². The van der Waals surface area contributed by atoms with Crippen LogP contribution in [0.15, 0.2) is 18.2 Å². The summed E-state index contributed by atoms with van der Waals surface area (Å²) in [4.78, 5) is 9.86. The van der Waals surface area contributed by atoms with Crippen LogP contribution in [0.5, 0.6) is 0 Å². The van der Waals surface area contributed by atoms with Gasteiger partial charge in [0, 0.05) is 12.5 Å². The average molecular weight is 201 g/mol. The summed E-state index contributed by atoms with van der Waals surface area (Å²) in [5, 5.41) is 19.1. The van der Waals surface area contributed by atoms with Crippen LogP contribution in [-0.4, -0.2) is 16.6 Å². The zero-order chi connectivity index (χ0) is 9.84. The highest BCUT2D eigenvalue weighted by Gasteiger charge is 2.11. The summed E-state index contributed by atoms with van der Waals surface area (Å²) in [5.74, 6) is 0. The third-order valence-corrected chi connectivity index (χ3v) is 1.81. The van der Waals surface area contributed by atoms with E-state index in [2.05, 4.69) is 0 Å². The van der Waals surface area contributed by atoms with Crippen molar-refractivity contribution in [3.63, 3.8) is 0 Å². The monoisotopic (exact) mass is 200 g/mol. The van der Waals surface area contributed by atoms with Crippen molar-refractivity contribution in [3.05, 3.63) is 45.3 Å². The van der Waals surface area contributed by atoms with Gasteiger partial charge in [0.2, 0.25) is 0 Å². The van der Waals surface area contributed by atoms with Crippen molar-refractivity contribution in [1.29, 1.82) is 0 Å². The van der Waals surface area contributed by atoms with E-state index in [-0.39, 0.29) is 17.3 Å². The van der Waals surface area contributed by atoms with E-state index in [1.807, 2.05) is 0 Å². The lowest BCUT2D eigenvalue weighted by molar-refractivity contribution is -0.384. The van der Waals surface area contributed by atoms with Crippen molar-refractivity contribution < 1.29 is 10.0 Å². The van der Waals surface area contributed by atoms with E-state index >= 15 is 0 Å². The quantitative estimate of drug-likeness (QED) is 0.598. The van der Waals surface area contributed by atoms with Gasteiger partial charge in [-0.05, 0) is 11.6 Å². The number of halogens is 1. The number of aliphatic hydroxyl groups excluding tert-OH is 1. The first-order valence-electron chi connectivity index (χ1n) is 3.53. The molecule has 0 amide bonds. The lowest BCUT2D eigenvalue weighted by Gasteiger charge is -1.98. The first-order valence-corrected chi connectivity index (χ1v) is 3.91. The number of benzene rings is 1. The Hall–Kier alpha value is -1.13. The standard InChI is InChI=1S/C8H7ClNO3/c9-7-2-1-6(3-4-11)5-8(7)10(12)13/h1-3,5,11H,4H2. The maximum Gasteiger partial charge on any atom is 0.288 e. The second-order valence-corrected chi connectivity index (χ2v) is 2.76. The van der Waals surface area contributed by atoms with E-state index in [1.54, 1.807) is 6.07 Å². The minimum absolute atomic E-state index is 0.0973. The molecule has 0 saturated carbocycles. The third-order valence-electron chi connectivity index (χ3n) is 1.49. The van der Waals surface area contributed by atoms with Crippen molar-refractivity contribution in [1.82, 2.24) is 0 Å². The first-order chi connectivity index (χ1) is 6.15. The van der Waals surface area contributed by atoms with Crippen molar-refractivity contribution in [2.24, 2.45) is 0 Å². The Labute approximate surface area is 79.9 Å². The molecule has 0 spiro atoms. The fourth-order valence-corrected chi connectivity index (χ4v) is 1.09. The van der Waals surface area contributed by atoms with Gasteiger partial charge in [0.15, 0.2) is 0 Å². The summed E-state index contributed by atoms with van der Waals surface area (Å²) in [7, 11) is 0. The molecule has 0 aromatic heterocycles. The Kier molecular flexibility index (Phi) is 3.22. The summed E-state index contributed by atoms with van der Waals surface area (Å²) in [6, 6.07) is 4.35. The predicted octanol–water partition coefficient (Wildman–Crippen LogP) is 1.79. The van der Waals surface area contributed by atoms with Crippen LogP contribution in [0.2, 0.25) is 5.02 Å². The zero-order valence-electron chi connectivity index (χ0n) is 6.61. The Morgan fingerprint density at radius 2 is 2.31 bits per heavy atom. The number of hydrogen-bond acceptors (Lipinski definition) is 3. The van der Waals surface area contributed by atoms with Gasteiger partial charge >= 0.3 is 0 Å². The molecule has 1 rings (SSSR count). The summed E-state index contributed by atoms with van der Waals surface area (Å²) in [6.07, 6.45) is 1.46. The minimum atomic E-state index is -0.558. The Balaban J connectivity index is 3.04. The molecule has 0 aliphatic rings. The molecule has 1 aromatic carbocycles. The van der Waals surface area contributed by atoms with Crippen LogP contribution in [-0.2, 0) is 0 Å². The Morgan fingerprint density at radius 3 is 2.85 bits per heavy atom. The fourth-order valence-electron chi connectivity index (χ4n) is 0.902. The van der Waals surface area contributed by atoms with E-state index in [0.29, 0.717) is 5.56 Å². The molecule has 0 saturated heterocycles. The lowest BCUT2D eigenvalue weighted by atomic mass is 10.1. The highest BCUT2D eigenvalue weighted by molar-refractivity contribution is 6.32. The number of rotatable bonds is 3. The van der Waals surface area contributed by atoms with Crippen LogP contribution >= 0.6 is 11.6 Å². The maximum atomic E-state index is 10.4. The van der Waals surface area contributed by atoms with E-state index in [9.17, 15) is 10.1 Å². The molecule has 0 aliphatic carbocycles. The lowest BCUT2D eigenvalue weighted by Crippen LogP contribution is -1.92. The van der Waals surface area contributed by atoms with Crippen LogP contribution in [0.3, 0.4) is 0 Å². The van der Waals surface area contributed by atoms with Crippen LogP contribution in [0.1, 0.15) is 5.56 Å². The summed E-state index contributed by atoms with van der Waals surface area (Å²) < 4.78 is 0. The number of nitrogens with zero attached hydrogens (tertiary/aromatic N) is 1. The van der Waals surface area contributed by atoms with Crippen molar-refractivity contribution >= 4 is 17.3 Å². The van der Waals surface area contributed by atoms with Gasteiger partial charge in [0.1, 0.15) is 5.02 Å². The average Bonchev–Trinajstić information content (AvgIpc) is 2.08. The number of nitro benzene ring substituents is 1. The highest BCUT2D eigenvalue weighted by Crippen LogP contribution is 2.25. The van der Waals surface area contributed by atoms with Crippen molar-refractivity contribution in [3.8, 4) is 0 Å². The topological polar surface area (TPSA) is 63.4 Å². The Bertz CT molecular complexity index is 327. The molecule has 0 heterocycles. The molecule has 0 atom stereocenters. The molecule has 0 aliphatic heterocycles. The van der Waals surface area contributed by atoms with Gasteiger partial charge in [-0.3, -0.25) is 10.1 Å². The Morgan fingerprint density at radius 1 is 1.62 bits per heavy atom. The van der Waals surface area contributed by atoms with Gasteiger partial charge in [-0.15, -0.1) is 0 Å². The molecule has 4 nitrogen and oxygen atoms in total. The molecule has 69 valence electrons. The molecule has 1 aromatic rings. The maximum absolute atomic E-state index is 10.4. The highest BCUT2D eigenvalue weighted by atomic mass is 35.5. The fraction of sp³-hybridized carbons (Fsp3) is 0.125. The zero-order valence-corrected chi connectivity index (χ0v) is 7.36. The molecule has 1 radical (unpaired) electrons. The van der Waals surface area contributed by atoms with E-state index in [1.165, 1.54) is 18.6 Å². The smallest absolute Gasteiger partial charge is 0.288 e. The number of nitro groups is 1. The summed E-state index contributed by atoms with van der Waals surface area (Å²) in [6.45, 7) is -0.154. The van der Waals surface area contributed by atoms with Crippen molar-refractivity contribution in [2.45, 2.75) is 0 Å². The molecule has 13 heavy (non-hydrogen) atoms. The third kappa shape index (κ3) is 2.40. The van der Waals surface area contributed by atoms with Crippen LogP contribution in [0.4, 0.5) is 5.69 Å². The van der Waals surface area contributed by atoms with Crippen molar-refractivity contribution in [2.75, 3.05) is 6.61 Å².